The van der Waals surface area contributed by atoms with E-state index in [1.54, 1.807) is 6.20 Å². The number of aryl methyl sites for hydroxylation is 1. The van der Waals surface area contributed by atoms with E-state index in [4.69, 9.17) is 4.74 Å². The Kier molecular flexibility index (Phi) is 5.99. The van der Waals surface area contributed by atoms with E-state index >= 15 is 0 Å². The van der Waals surface area contributed by atoms with Gasteiger partial charge in [0.25, 0.3) is 0 Å². The van der Waals surface area contributed by atoms with Gasteiger partial charge in [-0.2, -0.15) is 5.10 Å². The minimum Gasteiger partial charge on any atom is -0.466 e. The maximum atomic E-state index is 12.3. The van der Waals surface area contributed by atoms with Gasteiger partial charge in [0.1, 0.15) is 0 Å². The summed E-state index contributed by atoms with van der Waals surface area (Å²) in [4.78, 5) is 12.3. The molecule has 3 rings (SSSR count). The quantitative estimate of drug-likeness (QED) is 0.461. The van der Waals surface area contributed by atoms with E-state index < -0.39 is 0 Å². The second-order valence-electron chi connectivity index (χ2n) is 5.92. The van der Waals surface area contributed by atoms with Crippen LogP contribution in [0, 0.1) is 0 Å². The lowest BCUT2D eigenvalue weighted by molar-refractivity contribution is -0.144. The highest BCUT2D eigenvalue weighted by Crippen LogP contribution is 2.28. The fraction of sp³-hybridized carbons (Fsp3) is 0.238. The van der Waals surface area contributed by atoms with Crippen LogP contribution in [0.3, 0.4) is 0 Å². The maximum absolute atomic E-state index is 12.3. The Labute approximate surface area is 148 Å². The Morgan fingerprint density at radius 2 is 1.60 bits per heavy atom. The molecule has 2 aromatic carbocycles. The van der Waals surface area contributed by atoms with Crippen molar-refractivity contribution < 1.29 is 9.53 Å². The number of benzene rings is 2. The van der Waals surface area contributed by atoms with Gasteiger partial charge in [0.2, 0.25) is 0 Å². The first-order chi connectivity index (χ1) is 12.3. The number of aromatic nitrogens is 2. The van der Waals surface area contributed by atoms with Gasteiger partial charge < -0.3 is 4.74 Å². The normalized spacial score (nSPS) is 10.8. The van der Waals surface area contributed by atoms with Gasteiger partial charge in [-0.05, 0) is 17.2 Å². The minimum absolute atomic E-state index is 0.0148. The topological polar surface area (TPSA) is 44.1 Å². The van der Waals surface area contributed by atoms with Crippen molar-refractivity contribution in [2.45, 2.75) is 25.3 Å². The van der Waals surface area contributed by atoms with E-state index in [0.717, 1.165) is 24.1 Å². The van der Waals surface area contributed by atoms with Gasteiger partial charge in [-0.25, -0.2) is 0 Å². The van der Waals surface area contributed by atoms with Crippen molar-refractivity contribution in [1.82, 2.24) is 9.78 Å². The van der Waals surface area contributed by atoms with Gasteiger partial charge in [0, 0.05) is 31.3 Å². The third-order valence-electron chi connectivity index (χ3n) is 4.13. The van der Waals surface area contributed by atoms with Crippen molar-refractivity contribution in [3.8, 4) is 0 Å². The smallest absolute Gasteiger partial charge is 0.306 e. The number of hydrogen-bond donors (Lipinski definition) is 0. The molecule has 0 aliphatic carbocycles. The number of esters is 1. The zero-order valence-electron chi connectivity index (χ0n) is 14.1. The van der Waals surface area contributed by atoms with E-state index in [9.17, 15) is 4.79 Å². The molecule has 0 fully saturated rings. The molecule has 3 aromatic rings. The van der Waals surface area contributed by atoms with Gasteiger partial charge in [-0.1, -0.05) is 60.7 Å². The van der Waals surface area contributed by atoms with Crippen molar-refractivity contribution in [2.24, 2.45) is 0 Å². The highest BCUT2D eigenvalue weighted by Gasteiger charge is 2.18. The summed E-state index contributed by atoms with van der Waals surface area (Å²) in [5, 5.41) is 4.14. The van der Waals surface area contributed by atoms with E-state index in [2.05, 4.69) is 29.4 Å². The molecule has 1 aromatic heterocycles. The van der Waals surface area contributed by atoms with E-state index in [-0.39, 0.29) is 11.9 Å². The Hall–Kier alpha value is -2.88. The van der Waals surface area contributed by atoms with Crippen LogP contribution in [0.25, 0.3) is 0 Å². The largest absolute Gasteiger partial charge is 0.466 e. The van der Waals surface area contributed by atoms with Gasteiger partial charge in [0.05, 0.1) is 13.0 Å². The number of ether oxygens (including phenoxy) is 1. The van der Waals surface area contributed by atoms with E-state index in [1.807, 2.05) is 53.3 Å². The van der Waals surface area contributed by atoms with E-state index in [1.165, 1.54) is 0 Å². The zero-order chi connectivity index (χ0) is 17.3. The van der Waals surface area contributed by atoms with Crippen LogP contribution in [0.1, 0.15) is 29.9 Å². The minimum atomic E-state index is -0.168. The average molecular weight is 334 g/mol. The summed E-state index contributed by atoms with van der Waals surface area (Å²) in [7, 11) is 0. The number of carbonyl (C=O) groups is 1. The Bertz CT molecular complexity index is 716. The first-order valence-corrected chi connectivity index (χ1v) is 8.56. The second kappa shape index (κ2) is 8.83. The SMILES string of the molecule is O=C(CC(c1ccccc1)c1ccccc1)OCCCn1cccn1. The van der Waals surface area contributed by atoms with Crippen LogP contribution in [0.2, 0.25) is 0 Å². The summed E-state index contributed by atoms with van der Waals surface area (Å²) in [5.41, 5.74) is 2.25. The summed E-state index contributed by atoms with van der Waals surface area (Å²) >= 11 is 0. The molecule has 0 atom stereocenters. The molecule has 25 heavy (non-hydrogen) atoms. The van der Waals surface area contributed by atoms with Crippen LogP contribution < -0.4 is 0 Å². The molecule has 4 heteroatoms. The Balaban J connectivity index is 1.57. The first-order valence-electron chi connectivity index (χ1n) is 8.56. The maximum Gasteiger partial charge on any atom is 0.306 e. The average Bonchev–Trinajstić information content (AvgIpc) is 3.18. The third-order valence-corrected chi connectivity index (χ3v) is 4.13. The molecule has 0 aliphatic rings. The van der Waals surface area contributed by atoms with E-state index in [0.29, 0.717) is 13.0 Å². The number of carbonyl (C=O) groups excluding carboxylic acids is 1. The number of rotatable bonds is 8. The summed E-state index contributed by atoms with van der Waals surface area (Å²) in [6.45, 7) is 1.16. The molecule has 128 valence electrons. The third kappa shape index (κ3) is 5.05. The predicted molar refractivity (Wildman–Crippen MR) is 97.1 cm³/mol. The fourth-order valence-electron chi connectivity index (χ4n) is 2.87. The molecule has 4 nitrogen and oxygen atoms in total. The van der Waals surface area contributed by atoms with Crippen LogP contribution in [0.5, 0.6) is 0 Å². The Morgan fingerprint density at radius 1 is 0.960 bits per heavy atom. The van der Waals surface area contributed by atoms with Gasteiger partial charge in [0.15, 0.2) is 0 Å². The first kappa shape index (κ1) is 17.0. The molecule has 0 saturated heterocycles. The molecule has 0 N–H and O–H groups in total. The zero-order valence-corrected chi connectivity index (χ0v) is 14.1. The molecule has 0 amide bonds. The predicted octanol–water partition coefficient (Wildman–Crippen LogP) is 4.04. The van der Waals surface area contributed by atoms with Gasteiger partial charge >= 0.3 is 5.97 Å². The highest BCUT2D eigenvalue weighted by molar-refractivity contribution is 5.71. The number of hydrogen-bond acceptors (Lipinski definition) is 3. The van der Waals surface area contributed by atoms with Crippen molar-refractivity contribution in [3.05, 3.63) is 90.3 Å². The molecule has 0 saturated carbocycles. The van der Waals surface area contributed by atoms with Crippen molar-refractivity contribution >= 4 is 5.97 Å². The molecular weight excluding hydrogens is 312 g/mol. The fourth-order valence-corrected chi connectivity index (χ4v) is 2.87. The molecule has 0 spiro atoms. The lowest BCUT2D eigenvalue weighted by Gasteiger charge is -2.17. The van der Waals surface area contributed by atoms with Gasteiger partial charge in [-0.3, -0.25) is 9.48 Å². The molecule has 0 bridgehead atoms. The van der Waals surface area contributed by atoms with Crippen LogP contribution in [-0.2, 0) is 16.1 Å². The summed E-state index contributed by atoms with van der Waals surface area (Å²) in [6.07, 6.45) is 4.75. The second-order valence-corrected chi connectivity index (χ2v) is 5.92. The summed E-state index contributed by atoms with van der Waals surface area (Å²) in [5.74, 6) is -0.154. The van der Waals surface area contributed by atoms with Crippen LogP contribution in [0.15, 0.2) is 79.1 Å². The summed E-state index contributed by atoms with van der Waals surface area (Å²) in [6, 6.07) is 22.1. The molecule has 0 radical (unpaired) electrons. The Morgan fingerprint density at radius 3 is 2.16 bits per heavy atom. The van der Waals surface area contributed by atoms with Crippen molar-refractivity contribution in [3.63, 3.8) is 0 Å². The molecular formula is C21H22N2O2. The number of nitrogens with zero attached hydrogens (tertiary/aromatic N) is 2. The van der Waals surface area contributed by atoms with Crippen molar-refractivity contribution in [1.29, 1.82) is 0 Å². The van der Waals surface area contributed by atoms with Crippen LogP contribution >= 0.6 is 0 Å². The lowest BCUT2D eigenvalue weighted by Crippen LogP contribution is -2.13. The monoisotopic (exact) mass is 334 g/mol. The molecule has 1 heterocycles. The lowest BCUT2D eigenvalue weighted by atomic mass is 9.89. The van der Waals surface area contributed by atoms with Crippen molar-refractivity contribution in [2.75, 3.05) is 6.61 Å². The van der Waals surface area contributed by atoms with Crippen LogP contribution in [0.4, 0.5) is 0 Å². The molecule has 0 unspecified atom stereocenters. The van der Waals surface area contributed by atoms with Gasteiger partial charge in [-0.15, -0.1) is 0 Å². The summed E-state index contributed by atoms with van der Waals surface area (Å²) < 4.78 is 7.27. The molecule has 0 aliphatic heterocycles. The highest BCUT2D eigenvalue weighted by atomic mass is 16.5. The van der Waals surface area contributed by atoms with Crippen LogP contribution in [-0.4, -0.2) is 22.4 Å². The standard InChI is InChI=1S/C21H22N2O2/c24-21(25-16-8-15-23-14-7-13-22-23)17-20(18-9-3-1-4-10-18)19-11-5-2-6-12-19/h1-7,9-14,20H,8,15-17H2.